The smallest absolute Gasteiger partial charge is 0.269 e. The molecule has 1 amide bonds. The van der Waals surface area contributed by atoms with E-state index >= 15 is 4.79 Å². The van der Waals surface area contributed by atoms with Crippen molar-refractivity contribution in [2.24, 2.45) is 22.9 Å². The summed E-state index contributed by atoms with van der Waals surface area (Å²) in [4.78, 5) is 35.3. The van der Waals surface area contributed by atoms with Gasteiger partial charge in [-0.1, -0.05) is 72.6 Å². The van der Waals surface area contributed by atoms with E-state index in [1.165, 1.54) is 30.3 Å². The number of thioether (sulfide) groups is 1. The summed E-state index contributed by atoms with van der Waals surface area (Å²) >= 11 is 1.65. The Bertz CT molecular complexity index is 2700. The van der Waals surface area contributed by atoms with Gasteiger partial charge >= 0.3 is 0 Å². The van der Waals surface area contributed by atoms with Gasteiger partial charge in [-0.2, -0.15) is 0 Å². The van der Waals surface area contributed by atoms with Crippen LogP contribution in [0.3, 0.4) is 0 Å². The van der Waals surface area contributed by atoms with Gasteiger partial charge in [0, 0.05) is 60.8 Å². The first kappa shape index (κ1) is 50.8. The Morgan fingerprint density at radius 1 is 0.930 bits per heavy atom. The zero-order valence-corrected chi connectivity index (χ0v) is 40.6. The summed E-state index contributed by atoms with van der Waals surface area (Å²) in [5.74, 6) is -1.52. The zero-order valence-electron chi connectivity index (χ0n) is 39.8. The third-order valence-electron chi connectivity index (χ3n) is 13.6. The predicted octanol–water partition coefficient (Wildman–Crippen LogP) is 11.8. The van der Waals surface area contributed by atoms with Gasteiger partial charge in [-0.3, -0.25) is 14.9 Å². The monoisotopic (exact) mass is 981 g/mol. The van der Waals surface area contributed by atoms with Crippen molar-refractivity contribution in [3.05, 3.63) is 190 Å². The molecule has 8 rings (SSSR count). The molecule has 0 radical (unpaired) electrons. The minimum atomic E-state index is -1.58. The second-order valence-electron chi connectivity index (χ2n) is 18.1. The van der Waals surface area contributed by atoms with Crippen molar-refractivity contribution in [2.75, 3.05) is 26.1 Å². The Balaban J connectivity index is 1.33. The van der Waals surface area contributed by atoms with Crippen LogP contribution in [0, 0.1) is 33.7 Å². The molecule has 0 spiro atoms. The van der Waals surface area contributed by atoms with E-state index in [0.29, 0.717) is 46.9 Å². The molecule has 1 aliphatic heterocycles. The van der Waals surface area contributed by atoms with Crippen molar-refractivity contribution in [3.8, 4) is 17.2 Å². The number of nitrogens with zero attached hydrogens (tertiary/aromatic N) is 3. The number of unbranched alkanes of at least 4 members (excludes halogenated alkanes) is 2. The van der Waals surface area contributed by atoms with Crippen molar-refractivity contribution in [2.45, 2.75) is 80.7 Å². The molecule has 3 aliphatic rings. The average Bonchev–Trinajstić information content (AvgIpc) is 3.39. The van der Waals surface area contributed by atoms with Crippen LogP contribution in [-0.4, -0.2) is 69.6 Å². The summed E-state index contributed by atoms with van der Waals surface area (Å²) in [5.41, 5.74) is 4.45. The molecule has 370 valence electrons. The van der Waals surface area contributed by atoms with Crippen LogP contribution >= 0.6 is 11.8 Å². The van der Waals surface area contributed by atoms with E-state index in [9.17, 15) is 24.7 Å². The third-order valence-corrected chi connectivity index (χ3v) is 14.4. The fourth-order valence-corrected chi connectivity index (χ4v) is 10.8. The van der Waals surface area contributed by atoms with E-state index < -0.39 is 34.4 Å². The number of allylic oxidation sites excluding steroid dienone is 1. The number of halogens is 1. The van der Waals surface area contributed by atoms with Crippen LogP contribution < -0.4 is 9.47 Å². The quantitative estimate of drug-likeness (QED) is 0.0161. The van der Waals surface area contributed by atoms with Gasteiger partial charge in [0.2, 0.25) is 11.7 Å². The van der Waals surface area contributed by atoms with Crippen LogP contribution in [0.5, 0.6) is 17.2 Å². The van der Waals surface area contributed by atoms with E-state index in [4.69, 9.17) is 24.2 Å². The van der Waals surface area contributed by atoms with Gasteiger partial charge in [0.15, 0.2) is 0 Å². The van der Waals surface area contributed by atoms with Crippen LogP contribution in [0.2, 0.25) is 0 Å². The number of hydrogen-bond donors (Lipinski definition) is 2. The molecule has 1 heterocycles. The number of rotatable bonds is 23. The molecule has 2 aliphatic carbocycles. The fraction of sp³-hybridized carbons (Fsp3) is 0.333. The second kappa shape index (κ2) is 24.0. The molecule has 14 heteroatoms. The lowest BCUT2D eigenvalue weighted by atomic mass is 9.55. The number of nitro groups is 1. The summed E-state index contributed by atoms with van der Waals surface area (Å²) in [6.45, 7) is 4.42. The highest BCUT2D eigenvalue weighted by atomic mass is 32.2. The maximum Gasteiger partial charge on any atom is 0.269 e. The van der Waals surface area contributed by atoms with Crippen LogP contribution in [0.25, 0.3) is 6.08 Å². The maximum absolute atomic E-state index is 15.2. The van der Waals surface area contributed by atoms with Crippen molar-refractivity contribution in [3.63, 3.8) is 0 Å². The SMILES string of the molecule is C=CCO[C@@]12Oc3ccc(Oc4ccc(SC)cc4)cc3[C@H]3[C@H](CCCCO)[C@@H](CCCCO)C=C(C(=NOCc4ccccc4)C[C@@H]1N(Cc1ccc(F)cc1)C(=O)C=Cc1ccc([N+](=O)[O-])cc1)[C@H]32. The second-order valence-corrected chi connectivity index (χ2v) is 19.0. The number of nitro benzene ring substituents is 1. The Morgan fingerprint density at radius 3 is 2.34 bits per heavy atom. The maximum atomic E-state index is 15.2. The topological polar surface area (TPSA) is 153 Å². The Labute approximate surface area is 418 Å². The Kier molecular flexibility index (Phi) is 17.2. The van der Waals surface area contributed by atoms with Crippen LogP contribution in [0.1, 0.15) is 73.1 Å². The number of benzene rings is 5. The molecule has 5 aromatic rings. The molecular weight excluding hydrogens is 922 g/mol. The van der Waals surface area contributed by atoms with E-state index in [2.05, 4.69) is 12.7 Å². The van der Waals surface area contributed by atoms with Gasteiger partial charge in [0.05, 0.1) is 23.2 Å². The molecule has 0 unspecified atom stereocenters. The van der Waals surface area contributed by atoms with Crippen LogP contribution in [0.4, 0.5) is 10.1 Å². The number of non-ortho nitro benzene ring substituents is 1. The number of ether oxygens (including phenoxy) is 3. The molecule has 1 saturated carbocycles. The van der Waals surface area contributed by atoms with Gasteiger partial charge in [0.1, 0.15) is 35.7 Å². The molecular formula is C57H60FN3O9S. The molecule has 71 heavy (non-hydrogen) atoms. The van der Waals surface area contributed by atoms with Crippen molar-refractivity contribution >= 4 is 35.1 Å². The lowest BCUT2D eigenvalue weighted by Gasteiger charge is -2.60. The third kappa shape index (κ3) is 12.0. The number of fused-ring (bicyclic) bond motifs is 2. The first-order valence-corrected chi connectivity index (χ1v) is 25.4. The summed E-state index contributed by atoms with van der Waals surface area (Å²) in [5, 5.41) is 36.5. The first-order valence-electron chi connectivity index (χ1n) is 24.2. The largest absolute Gasteiger partial charge is 0.459 e. The van der Waals surface area contributed by atoms with E-state index in [1.54, 1.807) is 53.1 Å². The minimum Gasteiger partial charge on any atom is -0.459 e. The molecule has 5 aromatic carbocycles. The summed E-state index contributed by atoms with van der Waals surface area (Å²) < 4.78 is 35.7. The molecule has 1 fully saturated rings. The standard InChI is InChI=1S/C57H60FN3O9S/c1-3-33-67-57-53(60(37-40-15-20-43(58)21-16-40)54(64)30-19-39-17-22-44(23-18-39)61(65)66)36-51(59-68-38-41-11-5-4-6-12-41)49-34-42(13-7-9-31-62)48(14-8-10-32-63)55(56(49)57)50-35-46(26-29-52(50)70-57)69-45-24-27-47(71-2)28-25-45/h3-6,11-12,15-30,34-35,42,48,53,55-56,62-63H,1,7-10,13-14,31-33,36-38H2,2H3/t42-,48+,53-,55+,56+,57+/m0/s1. The summed E-state index contributed by atoms with van der Waals surface area (Å²) in [6.07, 6.45) is 13.4. The molecule has 0 bridgehead atoms. The highest BCUT2D eigenvalue weighted by Gasteiger charge is 2.65. The Hall–Kier alpha value is -6.58. The summed E-state index contributed by atoms with van der Waals surface area (Å²) in [6, 6.07) is 34.5. The van der Waals surface area contributed by atoms with E-state index in [0.717, 1.165) is 47.3 Å². The minimum absolute atomic E-state index is 0.000614. The molecule has 12 nitrogen and oxygen atoms in total. The van der Waals surface area contributed by atoms with Gasteiger partial charge < -0.3 is 34.2 Å². The number of oxime groups is 1. The molecule has 0 aromatic heterocycles. The van der Waals surface area contributed by atoms with Crippen LogP contribution in [0.15, 0.2) is 162 Å². The number of aliphatic hydroxyl groups is 2. The predicted molar refractivity (Wildman–Crippen MR) is 274 cm³/mol. The number of hydrogen-bond acceptors (Lipinski definition) is 11. The van der Waals surface area contributed by atoms with Crippen molar-refractivity contribution in [1.82, 2.24) is 4.90 Å². The number of carbonyl (C=O) groups is 1. The van der Waals surface area contributed by atoms with Gasteiger partial charge in [-0.25, -0.2) is 4.39 Å². The number of amides is 1. The first-order chi connectivity index (χ1) is 34.6. The number of aliphatic hydroxyl groups excluding tert-OH is 2. The highest BCUT2D eigenvalue weighted by molar-refractivity contribution is 7.98. The van der Waals surface area contributed by atoms with E-state index in [-0.39, 0.29) is 62.8 Å². The van der Waals surface area contributed by atoms with Crippen molar-refractivity contribution in [1.29, 1.82) is 0 Å². The summed E-state index contributed by atoms with van der Waals surface area (Å²) in [7, 11) is 0. The normalized spacial score (nSPS) is 21.7. The van der Waals surface area contributed by atoms with E-state index in [1.807, 2.05) is 79.1 Å². The zero-order chi connectivity index (χ0) is 49.7. The highest BCUT2D eigenvalue weighted by Crippen LogP contribution is 2.62. The molecule has 2 N–H and O–H groups in total. The molecule has 0 saturated heterocycles. The number of carbonyl (C=O) groups excluding carboxylic acids is 1. The van der Waals surface area contributed by atoms with Gasteiger partial charge in [-0.15, -0.1) is 18.3 Å². The Morgan fingerprint density at radius 2 is 1.65 bits per heavy atom. The van der Waals surface area contributed by atoms with Crippen LogP contribution in [-0.2, 0) is 27.5 Å². The fourth-order valence-electron chi connectivity index (χ4n) is 10.3. The average molecular weight is 982 g/mol. The lowest BCUT2D eigenvalue weighted by Crippen LogP contribution is -2.70. The lowest BCUT2D eigenvalue weighted by molar-refractivity contribution is -0.384. The van der Waals surface area contributed by atoms with Gasteiger partial charge in [0.25, 0.3) is 5.69 Å². The molecule has 6 atom stereocenters. The van der Waals surface area contributed by atoms with Crippen molar-refractivity contribution < 1.29 is 43.4 Å². The van der Waals surface area contributed by atoms with Gasteiger partial charge in [-0.05, 0) is 139 Å².